The third-order valence-corrected chi connectivity index (χ3v) is 4.69. The molecule has 2 aliphatic heterocycles. The summed E-state index contributed by atoms with van der Waals surface area (Å²) >= 11 is 0. The van der Waals surface area contributed by atoms with Crippen LogP contribution in [0.25, 0.3) is 0 Å². The number of nitrogens with one attached hydrogen (secondary N) is 2. The maximum absolute atomic E-state index is 12.7. The third-order valence-electron chi connectivity index (χ3n) is 4.69. The van der Waals surface area contributed by atoms with Gasteiger partial charge >= 0.3 is 6.03 Å². The first-order chi connectivity index (χ1) is 10.6. The molecule has 2 N–H and O–H groups in total. The van der Waals surface area contributed by atoms with Crippen LogP contribution in [0.15, 0.2) is 12.4 Å². The molecule has 3 unspecified atom stereocenters. The van der Waals surface area contributed by atoms with Gasteiger partial charge in [-0.15, -0.1) is 0 Å². The van der Waals surface area contributed by atoms with Crippen LogP contribution < -0.4 is 5.32 Å². The van der Waals surface area contributed by atoms with Crippen LogP contribution in [-0.4, -0.2) is 45.9 Å². The van der Waals surface area contributed by atoms with Crippen molar-refractivity contribution in [3.8, 4) is 0 Å². The minimum absolute atomic E-state index is 0.0530. The van der Waals surface area contributed by atoms with Gasteiger partial charge in [0.05, 0.1) is 24.4 Å². The Morgan fingerprint density at radius 3 is 2.82 bits per heavy atom. The molecule has 2 fully saturated rings. The first-order valence-corrected chi connectivity index (χ1v) is 8.34. The number of nitrogens with zero attached hydrogens (tertiary/aromatic N) is 2. The van der Waals surface area contributed by atoms with E-state index in [4.69, 9.17) is 4.74 Å². The Labute approximate surface area is 131 Å². The zero-order chi connectivity index (χ0) is 15.5. The van der Waals surface area contributed by atoms with Crippen molar-refractivity contribution in [3.63, 3.8) is 0 Å². The lowest BCUT2D eigenvalue weighted by molar-refractivity contribution is -0.0410. The maximum Gasteiger partial charge on any atom is 0.318 e. The molecule has 122 valence electrons. The summed E-state index contributed by atoms with van der Waals surface area (Å²) in [5.41, 5.74) is 1.10. The van der Waals surface area contributed by atoms with Crippen LogP contribution >= 0.6 is 0 Å². The molecule has 0 spiro atoms. The fourth-order valence-corrected chi connectivity index (χ4v) is 3.74. The molecular formula is C16H26N4O2. The number of rotatable bonds is 2. The van der Waals surface area contributed by atoms with Crippen LogP contribution in [0, 0.1) is 0 Å². The number of aromatic nitrogens is 2. The monoisotopic (exact) mass is 306 g/mol. The van der Waals surface area contributed by atoms with Crippen LogP contribution in [-0.2, 0) is 4.74 Å². The van der Waals surface area contributed by atoms with E-state index >= 15 is 0 Å². The van der Waals surface area contributed by atoms with Crippen molar-refractivity contribution in [1.29, 1.82) is 0 Å². The average molecular weight is 306 g/mol. The number of carbonyl (C=O) groups excluding carboxylic acids is 1. The zero-order valence-electron chi connectivity index (χ0n) is 13.4. The second-order valence-corrected chi connectivity index (χ2v) is 6.61. The molecule has 0 radical (unpaired) electrons. The third kappa shape index (κ3) is 3.43. The molecule has 3 atom stereocenters. The summed E-state index contributed by atoms with van der Waals surface area (Å²) in [6.07, 6.45) is 9.16. The lowest BCUT2D eigenvalue weighted by Crippen LogP contribution is -2.51. The molecule has 0 aliphatic carbocycles. The summed E-state index contributed by atoms with van der Waals surface area (Å²) in [5.74, 6) is 0. The van der Waals surface area contributed by atoms with E-state index in [2.05, 4.69) is 29.4 Å². The number of urea groups is 1. The highest BCUT2D eigenvalue weighted by Gasteiger charge is 2.31. The zero-order valence-corrected chi connectivity index (χ0v) is 13.4. The fourth-order valence-electron chi connectivity index (χ4n) is 3.74. The van der Waals surface area contributed by atoms with E-state index < -0.39 is 0 Å². The topological polar surface area (TPSA) is 70.2 Å². The summed E-state index contributed by atoms with van der Waals surface area (Å²) in [4.78, 5) is 14.7. The Hall–Kier alpha value is -1.56. The van der Waals surface area contributed by atoms with E-state index in [0.29, 0.717) is 0 Å². The van der Waals surface area contributed by atoms with E-state index in [1.54, 1.807) is 0 Å². The van der Waals surface area contributed by atoms with E-state index in [-0.39, 0.29) is 30.3 Å². The first-order valence-electron chi connectivity index (χ1n) is 8.34. The van der Waals surface area contributed by atoms with Crippen molar-refractivity contribution >= 4 is 6.03 Å². The number of piperidine rings is 1. The predicted molar refractivity (Wildman–Crippen MR) is 83.4 cm³/mol. The Morgan fingerprint density at radius 2 is 2.14 bits per heavy atom. The number of carbonyl (C=O) groups is 1. The van der Waals surface area contributed by atoms with Gasteiger partial charge in [0.2, 0.25) is 0 Å². The number of amides is 2. The molecule has 3 rings (SSSR count). The molecule has 6 heteroatoms. The molecule has 0 bridgehead atoms. The fraction of sp³-hybridized carbons (Fsp3) is 0.750. The van der Waals surface area contributed by atoms with Gasteiger partial charge in [-0.2, -0.15) is 5.10 Å². The highest BCUT2D eigenvalue weighted by molar-refractivity contribution is 5.75. The van der Waals surface area contributed by atoms with E-state index in [0.717, 1.165) is 44.2 Å². The minimum Gasteiger partial charge on any atom is -0.375 e. The second kappa shape index (κ2) is 6.69. The number of hydrogen-bond donors (Lipinski definition) is 2. The van der Waals surface area contributed by atoms with Crippen LogP contribution in [0.4, 0.5) is 4.79 Å². The predicted octanol–water partition coefficient (Wildman–Crippen LogP) is 2.60. The quantitative estimate of drug-likeness (QED) is 0.882. The number of likely N-dealkylation sites (tertiary alicyclic amines) is 1. The molecule has 3 heterocycles. The normalized spacial score (nSPS) is 32.7. The smallest absolute Gasteiger partial charge is 0.318 e. The lowest BCUT2D eigenvalue weighted by Gasteiger charge is -2.38. The van der Waals surface area contributed by atoms with Gasteiger partial charge in [-0.05, 0) is 46.0 Å². The van der Waals surface area contributed by atoms with Gasteiger partial charge in [-0.3, -0.25) is 5.10 Å². The molecule has 1 aromatic heterocycles. The van der Waals surface area contributed by atoms with Crippen molar-refractivity contribution in [2.75, 3.05) is 6.54 Å². The molecule has 2 saturated heterocycles. The Kier molecular flexibility index (Phi) is 4.66. The number of hydrogen-bond acceptors (Lipinski definition) is 3. The Balaban J connectivity index is 1.64. The molecule has 1 aromatic rings. The van der Waals surface area contributed by atoms with Crippen molar-refractivity contribution < 1.29 is 9.53 Å². The SMILES string of the molecule is CC1CC(NC(=O)N2CCCCC2c2cn[nH]c2)CC(C)O1. The maximum atomic E-state index is 12.7. The lowest BCUT2D eigenvalue weighted by atomic mass is 9.97. The molecule has 0 aromatic carbocycles. The first kappa shape index (κ1) is 15.3. The van der Waals surface area contributed by atoms with Gasteiger partial charge < -0.3 is 15.0 Å². The van der Waals surface area contributed by atoms with Crippen LogP contribution in [0.3, 0.4) is 0 Å². The van der Waals surface area contributed by atoms with Gasteiger partial charge in [0.15, 0.2) is 0 Å². The molecule has 2 aliphatic rings. The van der Waals surface area contributed by atoms with Crippen LogP contribution in [0.2, 0.25) is 0 Å². The van der Waals surface area contributed by atoms with Crippen LogP contribution in [0.1, 0.15) is 57.6 Å². The van der Waals surface area contributed by atoms with Crippen molar-refractivity contribution in [2.24, 2.45) is 0 Å². The van der Waals surface area contributed by atoms with E-state index in [1.807, 2.05) is 17.3 Å². The van der Waals surface area contributed by atoms with Crippen LogP contribution in [0.5, 0.6) is 0 Å². The van der Waals surface area contributed by atoms with E-state index in [1.165, 1.54) is 0 Å². The standard InChI is InChI=1S/C16H26N4O2/c1-11-7-14(8-12(2)22-11)19-16(21)20-6-4-3-5-15(20)13-9-17-18-10-13/h9-12,14-15H,3-8H2,1-2H3,(H,17,18)(H,19,21). The van der Waals surface area contributed by atoms with Gasteiger partial charge in [-0.25, -0.2) is 4.79 Å². The van der Waals surface area contributed by atoms with Gasteiger partial charge in [0.1, 0.15) is 0 Å². The average Bonchev–Trinajstić information content (AvgIpc) is 3.00. The van der Waals surface area contributed by atoms with Gasteiger partial charge in [-0.1, -0.05) is 0 Å². The Bertz CT molecular complexity index is 480. The highest BCUT2D eigenvalue weighted by atomic mass is 16.5. The number of aromatic amines is 1. The van der Waals surface area contributed by atoms with E-state index in [9.17, 15) is 4.79 Å². The second-order valence-electron chi connectivity index (χ2n) is 6.61. The number of ether oxygens (including phenoxy) is 1. The van der Waals surface area contributed by atoms with Gasteiger partial charge in [0.25, 0.3) is 0 Å². The van der Waals surface area contributed by atoms with Gasteiger partial charge in [0, 0.05) is 24.3 Å². The molecule has 22 heavy (non-hydrogen) atoms. The molecular weight excluding hydrogens is 280 g/mol. The summed E-state index contributed by atoms with van der Waals surface area (Å²) in [5, 5.41) is 10.1. The molecule has 0 saturated carbocycles. The number of H-pyrrole nitrogens is 1. The molecule has 2 amide bonds. The summed E-state index contributed by atoms with van der Waals surface area (Å²) < 4.78 is 5.75. The minimum atomic E-state index is 0.0530. The Morgan fingerprint density at radius 1 is 1.36 bits per heavy atom. The molecule has 6 nitrogen and oxygen atoms in total. The van der Waals surface area contributed by atoms with Crippen molar-refractivity contribution in [2.45, 2.75) is 70.2 Å². The van der Waals surface area contributed by atoms with Crippen molar-refractivity contribution in [3.05, 3.63) is 18.0 Å². The summed E-state index contributed by atoms with van der Waals surface area (Å²) in [6.45, 7) is 4.96. The summed E-state index contributed by atoms with van der Waals surface area (Å²) in [6, 6.07) is 0.401. The summed E-state index contributed by atoms with van der Waals surface area (Å²) in [7, 11) is 0. The highest BCUT2D eigenvalue weighted by Crippen LogP contribution is 2.30. The largest absolute Gasteiger partial charge is 0.375 e. The van der Waals surface area contributed by atoms with Crippen molar-refractivity contribution in [1.82, 2.24) is 20.4 Å².